The van der Waals surface area contributed by atoms with Crippen LogP contribution in [0.2, 0.25) is 0 Å². The minimum atomic E-state index is -0.482. The summed E-state index contributed by atoms with van der Waals surface area (Å²) < 4.78 is 12.0. The summed E-state index contributed by atoms with van der Waals surface area (Å²) in [6, 6.07) is 7.45. The van der Waals surface area contributed by atoms with Gasteiger partial charge in [-0.3, -0.25) is 0 Å². The fraction of sp³-hybridized carbons (Fsp3) is 0.529. The van der Waals surface area contributed by atoms with Gasteiger partial charge >= 0.3 is 6.09 Å². The summed E-state index contributed by atoms with van der Waals surface area (Å²) in [5, 5.41) is 9.11. The highest BCUT2D eigenvalue weighted by atomic mass is 79.9. The maximum atomic E-state index is 12.0. The molecule has 1 unspecified atom stereocenters. The molecule has 0 bridgehead atoms. The van der Waals surface area contributed by atoms with E-state index in [1.807, 2.05) is 26.8 Å². The lowest BCUT2D eigenvalue weighted by Crippen LogP contribution is -2.35. The van der Waals surface area contributed by atoms with Crippen LogP contribution in [0, 0.1) is 17.2 Å². The van der Waals surface area contributed by atoms with Gasteiger partial charge in [0.1, 0.15) is 17.4 Å². The molecule has 1 fully saturated rings. The predicted molar refractivity (Wildman–Crippen MR) is 90.3 cm³/mol. The highest BCUT2D eigenvalue weighted by molar-refractivity contribution is 9.10. The summed E-state index contributed by atoms with van der Waals surface area (Å²) in [6.07, 6.45) is 0.593. The number of ether oxygens (including phenoxy) is 2. The van der Waals surface area contributed by atoms with Gasteiger partial charge in [0, 0.05) is 23.5 Å². The van der Waals surface area contributed by atoms with E-state index in [0.29, 0.717) is 31.0 Å². The summed E-state index contributed by atoms with van der Waals surface area (Å²) in [5.41, 5.74) is 0.0270. The number of halogens is 1. The summed E-state index contributed by atoms with van der Waals surface area (Å²) in [6.45, 7) is 7.34. The third-order valence-electron chi connectivity index (χ3n) is 3.48. The maximum absolute atomic E-state index is 12.0. The van der Waals surface area contributed by atoms with E-state index < -0.39 is 5.60 Å². The van der Waals surface area contributed by atoms with Gasteiger partial charge in [-0.05, 0) is 45.4 Å². The molecule has 0 aromatic heterocycles. The number of likely N-dealkylation sites (tertiary alicyclic amines) is 1. The molecule has 1 atom stereocenters. The van der Waals surface area contributed by atoms with Crippen LogP contribution in [0.5, 0.6) is 5.75 Å². The Hall–Kier alpha value is -1.74. The Morgan fingerprint density at radius 3 is 2.87 bits per heavy atom. The Morgan fingerprint density at radius 2 is 2.22 bits per heavy atom. The van der Waals surface area contributed by atoms with Crippen molar-refractivity contribution in [2.45, 2.75) is 32.8 Å². The molecule has 6 heteroatoms. The molecule has 0 saturated carbocycles. The smallest absolute Gasteiger partial charge is 0.410 e. The number of nitrogens with zero attached hydrogens (tertiary/aromatic N) is 2. The van der Waals surface area contributed by atoms with Crippen LogP contribution in [0.4, 0.5) is 4.79 Å². The first-order valence-corrected chi connectivity index (χ1v) is 8.38. The zero-order chi connectivity index (χ0) is 17.0. The summed E-state index contributed by atoms with van der Waals surface area (Å²) in [5.74, 6) is 0.811. The highest BCUT2D eigenvalue weighted by Crippen LogP contribution is 2.25. The van der Waals surface area contributed by atoms with Gasteiger partial charge < -0.3 is 14.4 Å². The van der Waals surface area contributed by atoms with Crippen molar-refractivity contribution in [3.63, 3.8) is 0 Å². The molecule has 0 aliphatic carbocycles. The molecule has 1 aromatic carbocycles. The molecule has 5 nitrogen and oxygen atoms in total. The second-order valence-corrected chi connectivity index (χ2v) is 7.56. The van der Waals surface area contributed by atoms with E-state index >= 15 is 0 Å². The summed E-state index contributed by atoms with van der Waals surface area (Å²) in [4.78, 5) is 13.8. The second kappa shape index (κ2) is 7.22. The van der Waals surface area contributed by atoms with Crippen molar-refractivity contribution >= 4 is 22.0 Å². The molecule has 0 spiro atoms. The molecule has 0 radical (unpaired) electrons. The van der Waals surface area contributed by atoms with Crippen molar-refractivity contribution in [2.24, 2.45) is 5.92 Å². The number of benzene rings is 1. The van der Waals surface area contributed by atoms with Crippen LogP contribution in [0.1, 0.15) is 32.8 Å². The van der Waals surface area contributed by atoms with Gasteiger partial charge in [0.15, 0.2) is 0 Å². The molecule has 0 N–H and O–H groups in total. The number of amides is 1. The van der Waals surface area contributed by atoms with Crippen LogP contribution < -0.4 is 4.74 Å². The molecular weight excluding hydrogens is 360 g/mol. The lowest BCUT2D eigenvalue weighted by Gasteiger charge is -2.24. The fourth-order valence-corrected chi connectivity index (χ4v) is 2.72. The third-order valence-corrected chi connectivity index (χ3v) is 3.97. The Bertz CT molecular complexity index is 619. The van der Waals surface area contributed by atoms with E-state index in [2.05, 4.69) is 22.0 Å². The number of hydrogen-bond donors (Lipinski definition) is 0. The Kier molecular flexibility index (Phi) is 5.53. The Balaban J connectivity index is 1.88. The van der Waals surface area contributed by atoms with Crippen LogP contribution in [-0.4, -0.2) is 36.3 Å². The second-order valence-electron chi connectivity index (χ2n) is 6.64. The molecular formula is C17H21BrN2O3. The quantitative estimate of drug-likeness (QED) is 0.795. The van der Waals surface area contributed by atoms with Crippen LogP contribution >= 0.6 is 15.9 Å². The van der Waals surface area contributed by atoms with Gasteiger partial charge in [-0.2, -0.15) is 5.26 Å². The number of rotatable bonds is 3. The predicted octanol–water partition coefficient (Wildman–Crippen LogP) is 3.96. The minimum Gasteiger partial charge on any atom is -0.492 e. The first-order valence-electron chi connectivity index (χ1n) is 7.59. The van der Waals surface area contributed by atoms with E-state index in [9.17, 15) is 4.79 Å². The van der Waals surface area contributed by atoms with Gasteiger partial charge in [-0.15, -0.1) is 0 Å². The zero-order valence-corrected chi connectivity index (χ0v) is 15.2. The largest absolute Gasteiger partial charge is 0.492 e. The van der Waals surface area contributed by atoms with E-state index in [-0.39, 0.29) is 12.0 Å². The molecule has 1 aliphatic heterocycles. The number of carbonyl (C=O) groups is 1. The van der Waals surface area contributed by atoms with Gasteiger partial charge in [0.05, 0.1) is 12.2 Å². The van der Waals surface area contributed by atoms with E-state index in [1.54, 1.807) is 17.0 Å². The van der Waals surface area contributed by atoms with Gasteiger partial charge in [0.2, 0.25) is 0 Å². The number of nitriles is 1. The monoisotopic (exact) mass is 380 g/mol. The van der Waals surface area contributed by atoms with Gasteiger partial charge in [-0.25, -0.2) is 4.79 Å². The number of carbonyl (C=O) groups excluding carboxylic acids is 1. The van der Waals surface area contributed by atoms with Crippen LogP contribution in [0.15, 0.2) is 22.7 Å². The van der Waals surface area contributed by atoms with Crippen molar-refractivity contribution in [3.05, 3.63) is 28.2 Å². The SMILES string of the molecule is CC(C)(C)OC(=O)N1CCC(COc2cc(Br)ccc2C#N)C1. The minimum absolute atomic E-state index is 0.244. The van der Waals surface area contributed by atoms with E-state index in [4.69, 9.17) is 14.7 Å². The normalized spacial score (nSPS) is 17.7. The van der Waals surface area contributed by atoms with Crippen molar-refractivity contribution in [2.75, 3.05) is 19.7 Å². The van der Waals surface area contributed by atoms with Crippen molar-refractivity contribution in [1.82, 2.24) is 4.90 Å². The van der Waals surface area contributed by atoms with Crippen molar-refractivity contribution in [3.8, 4) is 11.8 Å². The Morgan fingerprint density at radius 1 is 1.48 bits per heavy atom. The number of hydrogen-bond acceptors (Lipinski definition) is 4. The molecule has 124 valence electrons. The summed E-state index contributed by atoms with van der Waals surface area (Å²) >= 11 is 3.38. The van der Waals surface area contributed by atoms with Crippen molar-refractivity contribution < 1.29 is 14.3 Å². The average molecular weight is 381 g/mol. The van der Waals surface area contributed by atoms with Crippen LogP contribution in [-0.2, 0) is 4.74 Å². The van der Waals surface area contributed by atoms with Gasteiger partial charge in [0.25, 0.3) is 0 Å². The first-order chi connectivity index (χ1) is 10.8. The standard InChI is InChI=1S/C17H21BrN2O3/c1-17(2,3)23-16(21)20-7-6-12(10-20)11-22-15-8-14(18)5-4-13(15)9-19/h4-5,8,12H,6-7,10-11H2,1-3H3. The van der Waals surface area contributed by atoms with E-state index in [1.165, 1.54) is 0 Å². The topological polar surface area (TPSA) is 62.6 Å². The third kappa shape index (κ3) is 5.14. The molecule has 23 heavy (non-hydrogen) atoms. The molecule has 1 amide bonds. The lowest BCUT2D eigenvalue weighted by atomic mass is 10.1. The highest BCUT2D eigenvalue weighted by Gasteiger charge is 2.30. The molecule has 2 rings (SSSR count). The molecule has 1 aliphatic rings. The average Bonchev–Trinajstić information content (AvgIpc) is 2.92. The van der Waals surface area contributed by atoms with Gasteiger partial charge in [-0.1, -0.05) is 15.9 Å². The summed E-state index contributed by atoms with van der Waals surface area (Å²) in [7, 11) is 0. The van der Waals surface area contributed by atoms with Crippen LogP contribution in [0.3, 0.4) is 0 Å². The fourth-order valence-electron chi connectivity index (χ4n) is 2.38. The van der Waals surface area contributed by atoms with Crippen molar-refractivity contribution in [1.29, 1.82) is 5.26 Å². The Labute approximate surface area is 145 Å². The lowest BCUT2D eigenvalue weighted by molar-refractivity contribution is 0.0285. The molecule has 1 saturated heterocycles. The zero-order valence-electron chi connectivity index (χ0n) is 13.6. The van der Waals surface area contributed by atoms with Crippen LogP contribution in [0.25, 0.3) is 0 Å². The molecule has 1 aromatic rings. The maximum Gasteiger partial charge on any atom is 0.410 e. The van der Waals surface area contributed by atoms with E-state index in [0.717, 1.165) is 10.9 Å². The molecule has 1 heterocycles. The first kappa shape index (κ1) is 17.6.